The number of carboxylic acid groups (broad SMARTS) is 1. The van der Waals surface area contributed by atoms with Gasteiger partial charge in [-0.15, -0.1) is 0 Å². The lowest BCUT2D eigenvalue weighted by molar-refractivity contribution is 0.0696. The Morgan fingerprint density at radius 1 is 0.969 bits per heavy atom. The van der Waals surface area contributed by atoms with Crippen molar-refractivity contribution in [1.29, 1.82) is 5.26 Å². The van der Waals surface area contributed by atoms with Crippen LogP contribution < -0.4 is 18.9 Å². The molecule has 1 heterocycles. The third-order valence-electron chi connectivity index (χ3n) is 4.31. The fourth-order valence-electron chi connectivity index (χ4n) is 2.66. The molecule has 0 saturated carbocycles. The van der Waals surface area contributed by atoms with E-state index >= 15 is 0 Å². The van der Waals surface area contributed by atoms with Crippen LogP contribution in [0.3, 0.4) is 0 Å². The van der Waals surface area contributed by atoms with Crippen molar-refractivity contribution in [2.24, 2.45) is 0 Å². The molecule has 0 saturated heterocycles. The van der Waals surface area contributed by atoms with Gasteiger partial charge in [0.15, 0.2) is 23.1 Å². The summed E-state index contributed by atoms with van der Waals surface area (Å²) in [4.78, 5) is 15.1. The molecule has 1 aromatic heterocycles. The maximum Gasteiger partial charge on any atom is 0.335 e. The quantitative estimate of drug-likeness (QED) is 0.553. The molecule has 0 unspecified atom stereocenters. The normalized spacial score (nSPS) is 10.2. The van der Waals surface area contributed by atoms with Gasteiger partial charge in [-0.3, -0.25) is 0 Å². The maximum atomic E-state index is 14.7. The van der Waals surface area contributed by atoms with Gasteiger partial charge in [0.05, 0.1) is 31.4 Å². The first-order valence-corrected chi connectivity index (χ1v) is 8.99. The molecule has 0 aliphatic carbocycles. The molecule has 0 aliphatic rings. The van der Waals surface area contributed by atoms with Crippen molar-refractivity contribution in [3.8, 4) is 40.8 Å². The van der Waals surface area contributed by atoms with E-state index in [-0.39, 0.29) is 34.1 Å². The molecule has 8 nitrogen and oxygen atoms in total. The summed E-state index contributed by atoms with van der Waals surface area (Å²) in [5.41, 5.74) is -0.399. The van der Waals surface area contributed by atoms with Gasteiger partial charge in [-0.05, 0) is 31.2 Å². The molecule has 164 valence electrons. The lowest BCUT2D eigenvalue weighted by Crippen LogP contribution is -2.04. The highest BCUT2D eigenvalue weighted by atomic mass is 19.1. The van der Waals surface area contributed by atoms with Gasteiger partial charge in [-0.1, -0.05) is 0 Å². The number of ether oxygens (including phenoxy) is 4. The molecule has 32 heavy (non-hydrogen) atoms. The van der Waals surface area contributed by atoms with Crippen molar-refractivity contribution in [2.75, 3.05) is 14.2 Å². The predicted molar refractivity (Wildman–Crippen MR) is 107 cm³/mol. The molecule has 2 aromatic carbocycles. The molecular formula is C22H16F2N2O6. The standard InChI is InChI=1S/C22H16F2N2O6/c1-11-18(23)20(31-15-8-13(22(27)28)7-14(9-15)29-2)26-21(19(11)24)32-17-6-12(10-25)4-5-16(17)30-3/h4-9H,1-3H3,(H,27,28). The van der Waals surface area contributed by atoms with E-state index < -0.39 is 34.9 Å². The van der Waals surface area contributed by atoms with Gasteiger partial charge in [0.2, 0.25) is 0 Å². The van der Waals surface area contributed by atoms with Gasteiger partial charge in [-0.2, -0.15) is 10.2 Å². The second-order valence-electron chi connectivity index (χ2n) is 6.36. The summed E-state index contributed by atoms with van der Waals surface area (Å²) in [6.45, 7) is 1.16. The molecule has 0 spiro atoms. The van der Waals surface area contributed by atoms with Crippen molar-refractivity contribution in [3.05, 3.63) is 64.7 Å². The molecule has 3 aromatic rings. The average Bonchev–Trinajstić information content (AvgIpc) is 2.80. The largest absolute Gasteiger partial charge is 0.497 e. The number of aromatic nitrogens is 1. The fourth-order valence-corrected chi connectivity index (χ4v) is 2.66. The third kappa shape index (κ3) is 4.52. The van der Waals surface area contributed by atoms with E-state index in [4.69, 9.17) is 24.2 Å². The molecular weight excluding hydrogens is 426 g/mol. The molecule has 0 atom stereocenters. The van der Waals surface area contributed by atoms with Crippen LogP contribution in [0.5, 0.6) is 34.8 Å². The van der Waals surface area contributed by atoms with Crippen molar-refractivity contribution in [1.82, 2.24) is 4.98 Å². The highest BCUT2D eigenvalue weighted by molar-refractivity contribution is 5.88. The van der Waals surface area contributed by atoms with Crippen LogP contribution in [0.2, 0.25) is 0 Å². The zero-order chi connectivity index (χ0) is 23.4. The van der Waals surface area contributed by atoms with Gasteiger partial charge >= 0.3 is 5.97 Å². The van der Waals surface area contributed by atoms with Crippen LogP contribution in [0.1, 0.15) is 21.5 Å². The van der Waals surface area contributed by atoms with Gasteiger partial charge in [0, 0.05) is 17.7 Å². The van der Waals surface area contributed by atoms with E-state index in [2.05, 4.69) is 4.98 Å². The summed E-state index contributed by atoms with van der Waals surface area (Å²) < 4.78 is 50.4. The van der Waals surface area contributed by atoms with Crippen LogP contribution in [0.25, 0.3) is 0 Å². The number of halogens is 2. The minimum atomic E-state index is -1.26. The van der Waals surface area contributed by atoms with Gasteiger partial charge < -0.3 is 24.1 Å². The van der Waals surface area contributed by atoms with E-state index in [0.29, 0.717) is 0 Å². The number of hydrogen-bond donors (Lipinski definition) is 1. The van der Waals surface area contributed by atoms with Crippen LogP contribution in [0.4, 0.5) is 8.78 Å². The van der Waals surface area contributed by atoms with Crippen LogP contribution in [-0.2, 0) is 0 Å². The first-order chi connectivity index (χ1) is 15.3. The number of methoxy groups -OCH3 is 2. The number of hydrogen-bond acceptors (Lipinski definition) is 7. The van der Waals surface area contributed by atoms with Crippen molar-refractivity contribution in [2.45, 2.75) is 6.92 Å². The first-order valence-electron chi connectivity index (χ1n) is 8.99. The smallest absolute Gasteiger partial charge is 0.335 e. The number of aromatic carboxylic acids is 1. The Labute approximate surface area is 181 Å². The number of carbonyl (C=O) groups is 1. The number of benzene rings is 2. The second kappa shape index (κ2) is 9.18. The zero-order valence-electron chi connectivity index (χ0n) is 17.1. The summed E-state index contributed by atoms with van der Waals surface area (Å²) in [5, 5.41) is 18.3. The van der Waals surface area contributed by atoms with E-state index in [1.54, 1.807) is 0 Å². The number of nitrogens with zero attached hydrogens (tertiary/aromatic N) is 2. The van der Waals surface area contributed by atoms with Crippen LogP contribution in [0, 0.1) is 29.9 Å². The Kier molecular flexibility index (Phi) is 6.39. The number of pyridine rings is 1. The lowest BCUT2D eigenvalue weighted by atomic mass is 10.2. The van der Waals surface area contributed by atoms with E-state index in [1.165, 1.54) is 44.6 Å². The van der Waals surface area contributed by atoms with E-state index in [1.807, 2.05) is 6.07 Å². The van der Waals surface area contributed by atoms with Crippen LogP contribution in [0.15, 0.2) is 36.4 Å². The Morgan fingerprint density at radius 2 is 1.62 bits per heavy atom. The Hall–Kier alpha value is -4.39. The molecule has 0 amide bonds. The zero-order valence-corrected chi connectivity index (χ0v) is 17.1. The molecule has 3 rings (SSSR count). The average molecular weight is 442 g/mol. The van der Waals surface area contributed by atoms with Crippen LogP contribution >= 0.6 is 0 Å². The van der Waals surface area contributed by atoms with E-state index in [0.717, 1.165) is 13.0 Å². The Bertz CT molecular complexity index is 1240. The SMILES string of the molecule is COc1cc(Oc2nc(Oc3cc(C#N)ccc3OC)c(F)c(C)c2F)cc(C(=O)O)c1. The minimum Gasteiger partial charge on any atom is -0.497 e. The monoisotopic (exact) mass is 442 g/mol. The second-order valence-corrected chi connectivity index (χ2v) is 6.36. The molecule has 0 radical (unpaired) electrons. The fraction of sp³-hybridized carbons (Fsp3) is 0.136. The topological polar surface area (TPSA) is 111 Å². The Morgan fingerprint density at radius 3 is 2.22 bits per heavy atom. The number of nitriles is 1. The summed E-state index contributed by atoms with van der Waals surface area (Å²) in [5.74, 6) is -4.53. The highest BCUT2D eigenvalue weighted by Gasteiger charge is 2.22. The van der Waals surface area contributed by atoms with Gasteiger partial charge in [0.25, 0.3) is 11.8 Å². The summed E-state index contributed by atoms with van der Waals surface area (Å²) in [6, 6.07) is 9.83. The number of rotatable bonds is 7. The van der Waals surface area contributed by atoms with Gasteiger partial charge in [0.1, 0.15) is 11.5 Å². The maximum absolute atomic E-state index is 14.7. The highest BCUT2D eigenvalue weighted by Crippen LogP contribution is 2.37. The Balaban J connectivity index is 2.05. The molecule has 0 bridgehead atoms. The van der Waals surface area contributed by atoms with Crippen molar-refractivity contribution >= 4 is 5.97 Å². The number of carboxylic acids is 1. The molecule has 0 fully saturated rings. The lowest BCUT2D eigenvalue weighted by Gasteiger charge is -2.14. The van der Waals surface area contributed by atoms with Gasteiger partial charge in [-0.25, -0.2) is 13.6 Å². The molecule has 10 heteroatoms. The first kappa shape index (κ1) is 22.3. The van der Waals surface area contributed by atoms with Crippen LogP contribution in [-0.4, -0.2) is 30.3 Å². The molecule has 1 N–H and O–H groups in total. The molecule has 0 aliphatic heterocycles. The van der Waals surface area contributed by atoms with Crippen molar-refractivity contribution < 1.29 is 37.6 Å². The minimum absolute atomic E-state index is 0.0237. The summed E-state index contributed by atoms with van der Waals surface area (Å²) >= 11 is 0. The third-order valence-corrected chi connectivity index (χ3v) is 4.31. The summed E-state index contributed by atoms with van der Waals surface area (Å²) in [6.07, 6.45) is 0. The van der Waals surface area contributed by atoms with Crippen molar-refractivity contribution in [3.63, 3.8) is 0 Å². The van der Waals surface area contributed by atoms with E-state index in [9.17, 15) is 18.7 Å². The predicted octanol–water partition coefficient (Wildman–Crippen LogP) is 4.84. The summed E-state index contributed by atoms with van der Waals surface area (Å²) in [7, 11) is 2.67.